The molecule has 14 heavy (non-hydrogen) atoms. The van der Waals surface area contributed by atoms with Crippen LogP contribution in [-0.2, 0) is 6.42 Å². The summed E-state index contributed by atoms with van der Waals surface area (Å²) in [6.45, 7) is 8.48. The molecule has 0 bridgehead atoms. The molecule has 0 aromatic heterocycles. The van der Waals surface area contributed by atoms with Crippen molar-refractivity contribution in [2.45, 2.75) is 40.5 Å². The van der Waals surface area contributed by atoms with Crippen LogP contribution in [0.15, 0.2) is 0 Å². The van der Waals surface area contributed by atoms with Crippen LogP contribution in [0.3, 0.4) is 0 Å². The lowest BCUT2D eigenvalue weighted by Gasteiger charge is -2.14. The number of carbonyl (C=O) groups excluding carboxylic acids is 1. The molecular formula is C13H16O. The number of hydrogen-bond donors (Lipinski definition) is 0. The number of ketones is 1. The van der Waals surface area contributed by atoms with Gasteiger partial charge in [0.2, 0.25) is 0 Å². The van der Waals surface area contributed by atoms with Gasteiger partial charge in [0.1, 0.15) is 0 Å². The number of hydrogen-bond acceptors (Lipinski definition) is 1. The zero-order valence-electron chi connectivity index (χ0n) is 9.32. The van der Waals surface area contributed by atoms with Crippen LogP contribution in [0.25, 0.3) is 0 Å². The van der Waals surface area contributed by atoms with E-state index in [-0.39, 0.29) is 0 Å². The van der Waals surface area contributed by atoms with Crippen LogP contribution in [0.4, 0.5) is 0 Å². The average Bonchev–Trinajstić information content (AvgIpc) is 2.54. The van der Waals surface area contributed by atoms with Crippen LogP contribution in [-0.4, -0.2) is 5.78 Å². The molecule has 1 aromatic rings. The molecule has 2 rings (SSSR count). The first-order valence-electron chi connectivity index (χ1n) is 5.16. The Kier molecular flexibility index (Phi) is 1.99. The fraction of sp³-hybridized carbons (Fsp3) is 0.462. The lowest BCUT2D eigenvalue weighted by atomic mass is 9.90. The third-order valence-electron chi connectivity index (χ3n) is 3.70. The van der Waals surface area contributed by atoms with Gasteiger partial charge in [-0.15, -0.1) is 0 Å². The number of carbonyl (C=O) groups is 1. The summed E-state index contributed by atoms with van der Waals surface area (Å²) in [5.74, 6) is 0.337. The summed E-state index contributed by atoms with van der Waals surface area (Å²) >= 11 is 0. The van der Waals surface area contributed by atoms with Crippen LogP contribution in [0.5, 0.6) is 0 Å². The Hall–Kier alpha value is -1.11. The maximum absolute atomic E-state index is 11.7. The van der Waals surface area contributed by atoms with Crippen molar-refractivity contribution in [1.82, 2.24) is 0 Å². The average molecular weight is 188 g/mol. The van der Waals surface area contributed by atoms with Crippen LogP contribution in [0, 0.1) is 27.7 Å². The van der Waals surface area contributed by atoms with Crippen molar-refractivity contribution < 1.29 is 4.79 Å². The third-order valence-corrected chi connectivity index (χ3v) is 3.70. The van der Waals surface area contributed by atoms with Crippen molar-refractivity contribution in [2.24, 2.45) is 0 Å². The first-order valence-corrected chi connectivity index (χ1v) is 5.16. The minimum Gasteiger partial charge on any atom is -0.294 e. The largest absolute Gasteiger partial charge is 0.294 e. The molecule has 1 nitrogen and oxygen atoms in total. The minimum atomic E-state index is 0.337. The monoisotopic (exact) mass is 188 g/mol. The number of Topliss-reactive ketones (excluding diaryl/α,β-unsaturated/α-hetero) is 1. The molecule has 0 N–H and O–H groups in total. The van der Waals surface area contributed by atoms with E-state index in [2.05, 4.69) is 27.7 Å². The van der Waals surface area contributed by atoms with Gasteiger partial charge in [-0.3, -0.25) is 4.79 Å². The molecule has 0 aliphatic heterocycles. The van der Waals surface area contributed by atoms with Gasteiger partial charge in [0.25, 0.3) is 0 Å². The highest BCUT2D eigenvalue weighted by Crippen LogP contribution is 2.32. The van der Waals surface area contributed by atoms with Crippen molar-refractivity contribution in [3.63, 3.8) is 0 Å². The van der Waals surface area contributed by atoms with Gasteiger partial charge < -0.3 is 0 Å². The van der Waals surface area contributed by atoms with Crippen molar-refractivity contribution in [3.05, 3.63) is 33.4 Å². The van der Waals surface area contributed by atoms with Crippen LogP contribution in [0.2, 0.25) is 0 Å². The SMILES string of the molecule is Cc1c(C)c(C)c2c(c1C)CCC2=O. The normalized spacial score (nSPS) is 14.7. The van der Waals surface area contributed by atoms with Crippen molar-refractivity contribution >= 4 is 5.78 Å². The Morgan fingerprint density at radius 2 is 1.36 bits per heavy atom. The molecular weight excluding hydrogens is 172 g/mol. The molecule has 1 aliphatic carbocycles. The highest BCUT2D eigenvalue weighted by Gasteiger charge is 2.25. The number of benzene rings is 1. The predicted octanol–water partition coefficient (Wildman–Crippen LogP) is 3.05. The molecule has 1 aliphatic rings. The fourth-order valence-electron chi connectivity index (χ4n) is 2.44. The molecule has 0 radical (unpaired) electrons. The summed E-state index contributed by atoms with van der Waals surface area (Å²) in [6, 6.07) is 0. The summed E-state index contributed by atoms with van der Waals surface area (Å²) < 4.78 is 0. The Balaban J connectivity index is 2.84. The molecule has 74 valence electrons. The van der Waals surface area contributed by atoms with Gasteiger partial charge in [-0.25, -0.2) is 0 Å². The van der Waals surface area contributed by atoms with E-state index in [0.29, 0.717) is 12.2 Å². The summed E-state index contributed by atoms with van der Waals surface area (Å²) in [4.78, 5) is 11.7. The molecule has 0 amide bonds. The third kappa shape index (κ3) is 1.05. The smallest absolute Gasteiger partial charge is 0.163 e. The Morgan fingerprint density at radius 3 is 2.00 bits per heavy atom. The number of rotatable bonds is 0. The maximum atomic E-state index is 11.7. The molecule has 0 spiro atoms. The van der Waals surface area contributed by atoms with E-state index in [9.17, 15) is 4.79 Å². The van der Waals surface area contributed by atoms with E-state index in [1.807, 2.05) is 0 Å². The summed E-state index contributed by atoms with van der Waals surface area (Å²) in [5, 5.41) is 0. The van der Waals surface area contributed by atoms with E-state index in [0.717, 1.165) is 12.0 Å². The molecule has 1 aromatic carbocycles. The molecule has 0 heterocycles. The predicted molar refractivity (Wildman–Crippen MR) is 58.0 cm³/mol. The van der Waals surface area contributed by atoms with E-state index in [4.69, 9.17) is 0 Å². The topological polar surface area (TPSA) is 17.1 Å². The fourth-order valence-corrected chi connectivity index (χ4v) is 2.44. The van der Waals surface area contributed by atoms with E-state index in [1.165, 1.54) is 27.8 Å². The van der Waals surface area contributed by atoms with Crippen LogP contribution in [0.1, 0.15) is 44.6 Å². The molecule has 0 fully saturated rings. The van der Waals surface area contributed by atoms with Gasteiger partial charge in [-0.1, -0.05) is 0 Å². The van der Waals surface area contributed by atoms with Gasteiger partial charge >= 0.3 is 0 Å². The second kappa shape index (κ2) is 2.94. The Morgan fingerprint density at radius 1 is 0.786 bits per heavy atom. The van der Waals surface area contributed by atoms with Crippen LogP contribution >= 0.6 is 0 Å². The maximum Gasteiger partial charge on any atom is 0.163 e. The zero-order chi connectivity index (χ0) is 10.5. The molecule has 0 saturated heterocycles. The lowest BCUT2D eigenvalue weighted by Crippen LogP contribution is -2.02. The molecule has 0 unspecified atom stereocenters. The van der Waals surface area contributed by atoms with Gasteiger partial charge in [0.15, 0.2) is 5.78 Å². The van der Waals surface area contributed by atoms with Gasteiger partial charge in [-0.05, 0) is 61.9 Å². The van der Waals surface area contributed by atoms with Crippen LogP contribution < -0.4 is 0 Å². The zero-order valence-corrected chi connectivity index (χ0v) is 9.32. The van der Waals surface area contributed by atoms with Crippen molar-refractivity contribution in [2.75, 3.05) is 0 Å². The van der Waals surface area contributed by atoms with Gasteiger partial charge in [0.05, 0.1) is 0 Å². The highest BCUT2D eigenvalue weighted by atomic mass is 16.1. The minimum absolute atomic E-state index is 0.337. The van der Waals surface area contributed by atoms with E-state index >= 15 is 0 Å². The van der Waals surface area contributed by atoms with Gasteiger partial charge in [-0.2, -0.15) is 0 Å². The Bertz CT molecular complexity index is 428. The Labute approximate surface area is 85.1 Å². The molecule has 0 saturated carbocycles. The second-order valence-corrected chi connectivity index (χ2v) is 4.28. The quantitative estimate of drug-likeness (QED) is 0.611. The molecule has 0 atom stereocenters. The highest BCUT2D eigenvalue weighted by molar-refractivity contribution is 6.02. The van der Waals surface area contributed by atoms with Gasteiger partial charge in [0, 0.05) is 12.0 Å². The first kappa shape index (κ1) is 9.45. The standard InChI is InChI=1S/C13H16O/c1-7-8(2)10(4)13-11(9(7)3)5-6-12(13)14/h5-6H2,1-4H3. The lowest BCUT2D eigenvalue weighted by molar-refractivity contribution is 0.0994. The molecule has 1 heteroatoms. The first-order chi connectivity index (χ1) is 6.54. The second-order valence-electron chi connectivity index (χ2n) is 4.28. The van der Waals surface area contributed by atoms with Crippen molar-refractivity contribution in [1.29, 1.82) is 0 Å². The summed E-state index contributed by atoms with van der Waals surface area (Å²) in [5.41, 5.74) is 7.49. The van der Waals surface area contributed by atoms with E-state index < -0.39 is 0 Å². The number of fused-ring (bicyclic) bond motifs is 1. The summed E-state index contributed by atoms with van der Waals surface area (Å²) in [7, 11) is 0. The van der Waals surface area contributed by atoms with Crippen molar-refractivity contribution in [3.8, 4) is 0 Å². The summed E-state index contributed by atoms with van der Waals surface area (Å²) in [6.07, 6.45) is 1.65. The van der Waals surface area contributed by atoms with E-state index in [1.54, 1.807) is 0 Å².